The molecule has 2 heterocycles. The van der Waals surface area contributed by atoms with E-state index in [2.05, 4.69) is 10.5 Å². The first kappa shape index (κ1) is 10.2. The molecule has 2 rings (SSSR count). The van der Waals surface area contributed by atoms with Gasteiger partial charge in [0.25, 0.3) is 0 Å². The molecule has 1 aromatic rings. The summed E-state index contributed by atoms with van der Waals surface area (Å²) in [6.45, 7) is 3.59. The largest absolute Gasteiger partial charge is 0.481 e. The molecule has 0 aromatic carbocycles. The fourth-order valence-corrected chi connectivity index (χ4v) is 1.97. The number of aryl methyl sites for hydroxylation is 1. The van der Waals surface area contributed by atoms with Crippen molar-refractivity contribution < 1.29 is 14.4 Å². The van der Waals surface area contributed by atoms with Gasteiger partial charge in [0.1, 0.15) is 5.76 Å². The molecule has 15 heavy (non-hydrogen) atoms. The average Bonchev–Trinajstić information content (AvgIpc) is 2.76. The van der Waals surface area contributed by atoms with Gasteiger partial charge in [-0.15, -0.1) is 0 Å². The zero-order chi connectivity index (χ0) is 10.8. The summed E-state index contributed by atoms with van der Waals surface area (Å²) in [6, 6.07) is 0. The quantitative estimate of drug-likeness (QED) is 0.767. The lowest BCUT2D eigenvalue weighted by atomic mass is 9.99. The van der Waals surface area contributed by atoms with Crippen molar-refractivity contribution >= 4 is 5.97 Å². The number of nitrogens with one attached hydrogen (secondary N) is 1. The summed E-state index contributed by atoms with van der Waals surface area (Å²) in [5.41, 5.74) is 1.44. The molecule has 5 nitrogen and oxygen atoms in total. The lowest BCUT2D eigenvalue weighted by Gasteiger charge is -2.05. The van der Waals surface area contributed by atoms with Crippen molar-refractivity contribution in [1.82, 2.24) is 10.5 Å². The molecule has 82 valence electrons. The molecule has 0 saturated carbocycles. The summed E-state index contributed by atoms with van der Waals surface area (Å²) in [7, 11) is 0. The topological polar surface area (TPSA) is 75.4 Å². The van der Waals surface area contributed by atoms with Gasteiger partial charge in [0.15, 0.2) is 0 Å². The molecule has 1 aliphatic rings. The Bertz CT molecular complexity index is 367. The fraction of sp³-hybridized carbons (Fsp3) is 0.600. The van der Waals surface area contributed by atoms with Gasteiger partial charge in [0.05, 0.1) is 12.1 Å². The van der Waals surface area contributed by atoms with Crippen molar-refractivity contribution in [2.45, 2.75) is 25.7 Å². The third-order valence-electron chi connectivity index (χ3n) is 2.77. The Balaban J connectivity index is 2.25. The fourth-order valence-electron chi connectivity index (χ4n) is 1.97. The second-order valence-electron chi connectivity index (χ2n) is 3.87. The van der Waals surface area contributed by atoms with Gasteiger partial charge >= 0.3 is 5.97 Å². The SMILES string of the molecule is Cc1noc(C2CCNC2)c1CC(=O)O. The van der Waals surface area contributed by atoms with Crippen LogP contribution in [0.2, 0.25) is 0 Å². The van der Waals surface area contributed by atoms with Crippen LogP contribution in [0.5, 0.6) is 0 Å². The van der Waals surface area contributed by atoms with Crippen molar-refractivity contribution in [3.05, 3.63) is 17.0 Å². The number of carboxylic acids is 1. The minimum Gasteiger partial charge on any atom is -0.481 e. The summed E-state index contributed by atoms with van der Waals surface area (Å²) in [5, 5.41) is 15.9. The molecule has 1 saturated heterocycles. The Kier molecular flexibility index (Phi) is 2.73. The zero-order valence-electron chi connectivity index (χ0n) is 8.62. The van der Waals surface area contributed by atoms with Crippen LogP contribution in [0, 0.1) is 6.92 Å². The molecule has 2 N–H and O–H groups in total. The molecule has 5 heteroatoms. The van der Waals surface area contributed by atoms with Crippen LogP contribution in [0.15, 0.2) is 4.52 Å². The molecule has 1 aliphatic heterocycles. The number of aromatic nitrogens is 1. The van der Waals surface area contributed by atoms with E-state index < -0.39 is 5.97 Å². The normalized spacial score (nSPS) is 20.7. The summed E-state index contributed by atoms with van der Waals surface area (Å²) in [4.78, 5) is 10.7. The average molecular weight is 210 g/mol. The molecule has 0 amide bonds. The third kappa shape index (κ3) is 2.02. The molecular weight excluding hydrogens is 196 g/mol. The molecule has 0 aliphatic carbocycles. The van der Waals surface area contributed by atoms with Gasteiger partial charge in [-0.1, -0.05) is 5.16 Å². The summed E-state index contributed by atoms with van der Waals surface area (Å²) < 4.78 is 5.23. The summed E-state index contributed by atoms with van der Waals surface area (Å²) in [5.74, 6) is 0.189. The van der Waals surface area contributed by atoms with Crippen LogP contribution in [-0.4, -0.2) is 29.3 Å². The van der Waals surface area contributed by atoms with Gasteiger partial charge in [-0.2, -0.15) is 0 Å². The Hall–Kier alpha value is -1.36. The van der Waals surface area contributed by atoms with E-state index in [0.29, 0.717) is 5.69 Å². The van der Waals surface area contributed by atoms with Crippen LogP contribution in [0.25, 0.3) is 0 Å². The second-order valence-corrected chi connectivity index (χ2v) is 3.87. The highest BCUT2D eigenvalue weighted by molar-refractivity contribution is 5.70. The first-order valence-electron chi connectivity index (χ1n) is 5.06. The maximum atomic E-state index is 10.7. The number of nitrogens with zero attached hydrogens (tertiary/aromatic N) is 1. The van der Waals surface area contributed by atoms with Crippen LogP contribution in [0.4, 0.5) is 0 Å². The Labute approximate surface area is 87.5 Å². The van der Waals surface area contributed by atoms with E-state index in [-0.39, 0.29) is 12.3 Å². The minimum absolute atomic E-state index is 0.00116. The highest BCUT2D eigenvalue weighted by Crippen LogP contribution is 2.27. The number of hydrogen-bond donors (Lipinski definition) is 2. The van der Waals surface area contributed by atoms with E-state index in [0.717, 1.165) is 30.8 Å². The van der Waals surface area contributed by atoms with Gasteiger partial charge in [-0.3, -0.25) is 4.79 Å². The van der Waals surface area contributed by atoms with Crippen molar-refractivity contribution in [3.8, 4) is 0 Å². The van der Waals surface area contributed by atoms with Gasteiger partial charge in [-0.25, -0.2) is 0 Å². The molecule has 1 unspecified atom stereocenters. The summed E-state index contributed by atoms with van der Waals surface area (Å²) in [6.07, 6.45) is 0.989. The smallest absolute Gasteiger partial charge is 0.308 e. The van der Waals surface area contributed by atoms with Crippen molar-refractivity contribution in [2.24, 2.45) is 0 Å². The maximum absolute atomic E-state index is 10.7. The van der Waals surface area contributed by atoms with E-state index >= 15 is 0 Å². The number of aliphatic carboxylic acids is 1. The third-order valence-corrected chi connectivity index (χ3v) is 2.77. The first-order chi connectivity index (χ1) is 7.18. The van der Waals surface area contributed by atoms with Crippen molar-refractivity contribution in [3.63, 3.8) is 0 Å². The monoisotopic (exact) mass is 210 g/mol. The minimum atomic E-state index is -0.839. The predicted molar refractivity (Wildman–Crippen MR) is 52.8 cm³/mol. The lowest BCUT2D eigenvalue weighted by molar-refractivity contribution is -0.136. The maximum Gasteiger partial charge on any atom is 0.308 e. The van der Waals surface area contributed by atoms with E-state index in [4.69, 9.17) is 9.63 Å². The van der Waals surface area contributed by atoms with Gasteiger partial charge in [0.2, 0.25) is 0 Å². The number of carbonyl (C=O) groups is 1. The Morgan fingerprint density at radius 1 is 1.73 bits per heavy atom. The highest BCUT2D eigenvalue weighted by atomic mass is 16.5. The number of hydrogen-bond acceptors (Lipinski definition) is 4. The number of rotatable bonds is 3. The lowest BCUT2D eigenvalue weighted by Crippen LogP contribution is -2.10. The standard InChI is InChI=1S/C10H14N2O3/c1-6-8(4-9(13)14)10(15-12-6)7-2-3-11-5-7/h7,11H,2-5H2,1H3,(H,13,14). The van der Waals surface area contributed by atoms with Crippen molar-refractivity contribution in [2.75, 3.05) is 13.1 Å². The van der Waals surface area contributed by atoms with E-state index in [1.807, 2.05) is 0 Å². The van der Waals surface area contributed by atoms with E-state index in [9.17, 15) is 4.79 Å². The molecule has 0 spiro atoms. The van der Waals surface area contributed by atoms with Crippen LogP contribution in [0.1, 0.15) is 29.4 Å². The first-order valence-corrected chi connectivity index (χ1v) is 5.06. The molecular formula is C10H14N2O3. The zero-order valence-corrected chi connectivity index (χ0v) is 8.62. The molecule has 1 fully saturated rings. The summed E-state index contributed by atoms with van der Waals surface area (Å²) >= 11 is 0. The molecule has 1 atom stereocenters. The van der Waals surface area contributed by atoms with Crippen molar-refractivity contribution in [1.29, 1.82) is 0 Å². The molecule has 0 radical (unpaired) electrons. The number of carboxylic acid groups (broad SMARTS) is 1. The van der Waals surface area contributed by atoms with Crippen LogP contribution >= 0.6 is 0 Å². The predicted octanol–water partition coefficient (Wildman–Crippen LogP) is 0.687. The highest BCUT2D eigenvalue weighted by Gasteiger charge is 2.26. The second kappa shape index (κ2) is 4.02. The van der Waals surface area contributed by atoms with Crippen LogP contribution in [0.3, 0.4) is 0 Å². The van der Waals surface area contributed by atoms with Gasteiger partial charge in [-0.05, 0) is 19.9 Å². The Morgan fingerprint density at radius 2 is 2.53 bits per heavy atom. The van der Waals surface area contributed by atoms with Gasteiger partial charge < -0.3 is 14.9 Å². The molecule has 1 aromatic heterocycles. The van der Waals surface area contributed by atoms with Crippen LogP contribution < -0.4 is 5.32 Å². The van der Waals surface area contributed by atoms with Gasteiger partial charge in [0, 0.05) is 18.0 Å². The molecule has 0 bridgehead atoms. The van der Waals surface area contributed by atoms with Crippen LogP contribution in [-0.2, 0) is 11.2 Å². The Morgan fingerprint density at radius 3 is 3.13 bits per heavy atom. The van der Waals surface area contributed by atoms with E-state index in [1.165, 1.54) is 0 Å². The van der Waals surface area contributed by atoms with E-state index in [1.54, 1.807) is 6.92 Å².